The maximum atomic E-state index is 13.6. The van der Waals surface area contributed by atoms with Crippen LogP contribution in [-0.4, -0.2) is 30.6 Å². The highest BCUT2D eigenvalue weighted by Gasteiger charge is 2.39. The Bertz CT molecular complexity index is 1470. The predicted molar refractivity (Wildman–Crippen MR) is 129 cm³/mol. The van der Waals surface area contributed by atoms with Crippen LogP contribution in [0, 0.1) is 0 Å². The van der Waals surface area contributed by atoms with Crippen LogP contribution >= 0.6 is 11.6 Å². The minimum absolute atomic E-state index is 0.157. The first-order chi connectivity index (χ1) is 16.0. The second-order valence-electron chi connectivity index (χ2n) is 7.62. The van der Waals surface area contributed by atoms with E-state index in [0.29, 0.717) is 23.4 Å². The van der Waals surface area contributed by atoms with Gasteiger partial charge in [-0.25, -0.2) is 4.98 Å². The van der Waals surface area contributed by atoms with Crippen LogP contribution in [0.1, 0.15) is 23.6 Å². The van der Waals surface area contributed by atoms with Crippen molar-refractivity contribution in [2.75, 3.05) is 7.11 Å². The number of pyridine rings is 1. The summed E-state index contributed by atoms with van der Waals surface area (Å²) in [5, 5.41) is 5.72. The molecule has 5 rings (SSSR count). The van der Waals surface area contributed by atoms with Crippen LogP contribution in [0.15, 0.2) is 94.9 Å². The lowest BCUT2D eigenvalue weighted by Crippen LogP contribution is -2.27. The smallest absolute Gasteiger partial charge is 0.279 e. The van der Waals surface area contributed by atoms with E-state index in [2.05, 4.69) is 10.1 Å². The van der Waals surface area contributed by atoms with Crippen LogP contribution in [-0.2, 0) is 10.0 Å². The molecule has 1 unspecified atom stereocenters. The van der Waals surface area contributed by atoms with Gasteiger partial charge >= 0.3 is 0 Å². The van der Waals surface area contributed by atoms with Gasteiger partial charge in [0.1, 0.15) is 10.9 Å². The molecule has 2 heterocycles. The summed E-state index contributed by atoms with van der Waals surface area (Å²) in [6.45, 7) is 0. The molecule has 0 N–H and O–H groups in total. The third kappa shape index (κ3) is 3.83. The van der Waals surface area contributed by atoms with Crippen LogP contribution in [0.3, 0.4) is 0 Å². The van der Waals surface area contributed by atoms with Crippen molar-refractivity contribution in [2.24, 2.45) is 5.10 Å². The fraction of sp³-hybridized carbons (Fsp3) is 0.120. The zero-order valence-electron chi connectivity index (χ0n) is 17.7. The first-order valence-electron chi connectivity index (χ1n) is 10.3. The molecule has 0 radical (unpaired) electrons. The molecule has 0 saturated heterocycles. The fourth-order valence-electron chi connectivity index (χ4n) is 4.03. The van der Waals surface area contributed by atoms with Gasteiger partial charge in [0.05, 0.1) is 29.3 Å². The number of sulfonamides is 1. The molecule has 6 nitrogen and oxygen atoms in total. The van der Waals surface area contributed by atoms with Gasteiger partial charge in [0, 0.05) is 22.9 Å². The van der Waals surface area contributed by atoms with Gasteiger partial charge in [-0.3, -0.25) is 0 Å². The lowest BCUT2D eigenvalue weighted by Gasteiger charge is -2.24. The molecule has 3 aromatic carbocycles. The van der Waals surface area contributed by atoms with E-state index in [1.54, 1.807) is 37.4 Å². The van der Waals surface area contributed by atoms with Gasteiger partial charge in [-0.2, -0.15) is 17.9 Å². The third-order valence-electron chi connectivity index (χ3n) is 5.64. The van der Waals surface area contributed by atoms with Gasteiger partial charge in [0.15, 0.2) is 0 Å². The molecule has 0 amide bonds. The number of para-hydroxylation sites is 2. The maximum absolute atomic E-state index is 13.6. The average molecular weight is 478 g/mol. The number of benzene rings is 3. The molecule has 0 aliphatic carbocycles. The fourth-order valence-corrected chi connectivity index (χ4v) is 5.75. The van der Waals surface area contributed by atoms with Crippen LogP contribution in [0.4, 0.5) is 0 Å². The predicted octanol–water partition coefficient (Wildman–Crippen LogP) is 5.44. The SMILES string of the molecule is COc1ccccc1C1=NN(S(=O)(=O)c2ccccc2)C(c2cc3ccccc3nc2Cl)C1. The van der Waals surface area contributed by atoms with E-state index in [-0.39, 0.29) is 10.0 Å². The summed E-state index contributed by atoms with van der Waals surface area (Å²) in [5.41, 5.74) is 2.68. The van der Waals surface area contributed by atoms with Crippen molar-refractivity contribution in [3.63, 3.8) is 0 Å². The van der Waals surface area contributed by atoms with Crippen LogP contribution in [0.5, 0.6) is 5.75 Å². The largest absolute Gasteiger partial charge is 0.496 e. The number of hydrazone groups is 1. The highest BCUT2D eigenvalue weighted by molar-refractivity contribution is 7.89. The summed E-state index contributed by atoms with van der Waals surface area (Å²) in [5.74, 6) is 0.622. The van der Waals surface area contributed by atoms with Gasteiger partial charge in [-0.05, 0) is 36.4 Å². The first-order valence-corrected chi connectivity index (χ1v) is 12.2. The Hall–Kier alpha value is -3.42. The van der Waals surface area contributed by atoms with Crippen LogP contribution in [0.2, 0.25) is 5.15 Å². The van der Waals surface area contributed by atoms with Crippen molar-refractivity contribution < 1.29 is 13.2 Å². The standard InChI is InChI=1S/C25H20ClN3O3S/c1-32-24-14-8-6-12-19(24)22-16-23(20-15-17-9-5-7-13-21(17)27-25(20)26)29(28-22)33(30,31)18-10-3-2-4-11-18/h2-15,23H,16H2,1H3. The molecular weight excluding hydrogens is 458 g/mol. The number of hydrogen-bond donors (Lipinski definition) is 0. The lowest BCUT2D eigenvalue weighted by atomic mass is 9.98. The normalized spacial score (nSPS) is 16.1. The maximum Gasteiger partial charge on any atom is 0.279 e. The molecular formula is C25H20ClN3O3S. The number of aromatic nitrogens is 1. The summed E-state index contributed by atoms with van der Waals surface area (Å²) < 4.78 is 33.9. The number of hydrogen-bond acceptors (Lipinski definition) is 5. The molecule has 1 aromatic heterocycles. The second-order valence-corrected chi connectivity index (χ2v) is 9.77. The first kappa shape index (κ1) is 21.4. The number of halogens is 1. The Morgan fingerprint density at radius 2 is 1.67 bits per heavy atom. The van der Waals surface area contributed by atoms with Crippen molar-refractivity contribution >= 4 is 38.2 Å². The van der Waals surface area contributed by atoms with E-state index in [4.69, 9.17) is 16.3 Å². The van der Waals surface area contributed by atoms with Crippen LogP contribution < -0.4 is 4.74 Å². The Balaban J connectivity index is 1.68. The van der Waals surface area contributed by atoms with E-state index >= 15 is 0 Å². The number of methoxy groups -OCH3 is 1. The Labute approximate surface area is 197 Å². The number of ether oxygens (including phenoxy) is 1. The summed E-state index contributed by atoms with van der Waals surface area (Å²) in [6.07, 6.45) is 0.326. The van der Waals surface area contributed by atoms with Crippen molar-refractivity contribution in [1.29, 1.82) is 0 Å². The topological polar surface area (TPSA) is 71.9 Å². The molecule has 33 heavy (non-hydrogen) atoms. The highest BCUT2D eigenvalue weighted by atomic mass is 35.5. The lowest BCUT2D eigenvalue weighted by molar-refractivity contribution is 0.371. The molecule has 0 spiro atoms. The number of fused-ring (bicyclic) bond motifs is 1. The molecule has 166 valence electrons. The van der Waals surface area contributed by atoms with E-state index in [1.165, 1.54) is 0 Å². The minimum Gasteiger partial charge on any atom is -0.496 e. The van der Waals surface area contributed by atoms with E-state index in [9.17, 15) is 8.42 Å². The van der Waals surface area contributed by atoms with E-state index < -0.39 is 16.1 Å². The monoisotopic (exact) mass is 477 g/mol. The Kier molecular flexibility index (Phi) is 5.52. The molecule has 1 aliphatic heterocycles. The van der Waals surface area contributed by atoms with Gasteiger partial charge in [-0.15, -0.1) is 0 Å². The van der Waals surface area contributed by atoms with E-state index in [1.807, 2.05) is 54.6 Å². The highest BCUT2D eigenvalue weighted by Crippen LogP contribution is 2.41. The summed E-state index contributed by atoms with van der Waals surface area (Å²) in [4.78, 5) is 4.67. The molecule has 4 aromatic rings. The average Bonchev–Trinajstić information content (AvgIpc) is 3.30. The van der Waals surface area contributed by atoms with Gasteiger partial charge < -0.3 is 4.74 Å². The third-order valence-corrected chi connectivity index (χ3v) is 7.64. The molecule has 0 bridgehead atoms. The molecule has 0 fully saturated rings. The number of nitrogens with zero attached hydrogens (tertiary/aromatic N) is 3. The summed E-state index contributed by atoms with van der Waals surface area (Å²) in [6, 6.07) is 24.5. The van der Waals surface area contributed by atoms with Crippen molar-refractivity contribution in [3.05, 3.63) is 101 Å². The molecule has 1 atom stereocenters. The summed E-state index contributed by atoms with van der Waals surface area (Å²) in [7, 11) is -2.37. The van der Waals surface area contributed by atoms with Crippen LogP contribution in [0.25, 0.3) is 10.9 Å². The van der Waals surface area contributed by atoms with Crippen molar-refractivity contribution in [3.8, 4) is 5.75 Å². The second kappa shape index (κ2) is 8.50. The van der Waals surface area contributed by atoms with E-state index in [0.717, 1.165) is 20.9 Å². The Morgan fingerprint density at radius 3 is 2.45 bits per heavy atom. The van der Waals surface area contributed by atoms with Gasteiger partial charge in [-0.1, -0.05) is 60.1 Å². The van der Waals surface area contributed by atoms with Gasteiger partial charge in [0.25, 0.3) is 10.0 Å². The zero-order chi connectivity index (χ0) is 23.0. The summed E-state index contributed by atoms with van der Waals surface area (Å²) >= 11 is 6.59. The number of rotatable bonds is 5. The molecule has 0 saturated carbocycles. The Morgan fingerprint density at radius 1 is 0.970 bits per heavy atom. The quantitative estimate of drug-likeness (QED) is 0.359. The molecule has 1 aliphatic rings. The van der Waals surface area contributed by atoms with Gasteiger partial charge in [0.2, 0.25) is 0 Å². The van der Waals surface area contributed by atoms with Crippen molar-refractivity contribution in [2.45, 2.75) is 17.4 Å². The zero-order valence-corrected chi connectivity index (χ0v) is 19.3. The van der Waals surface area contributed by atoms with Crippen molar-refractivity contribution in [1.82, 2.24) is 9.40 Å². The molecule has 8 heteroatoms. The minimum atomic E-state index is -3.95.